The Morgan fingerprint density at radius 2 is 1.93 bits per heavy atom. The van der Waals surface area contributed by atoms with E-state index >= 15 is 0 Å². The second kappa shape index (κ2) is 5.08. The maximum absolute atomic E-state index is 13.9. The normalized spacial score (nSPS) is 22.3. The summed E-state index contributed by atoms with van der Waals surface area (Å²) in [6.07, 6.45) is 0.940. The van der Waals surface area contributed by atoms with E-state index in [1.807, 2.05) is 4.90 Å². The van der Waals surface area contributed by atoms with E-state index in [0.717, 1.165) is 32.6 Å². The lowest BCUT2D eigenvalue weighted by Crippen LogP contribution is -2.48. The number of nitrogens with zero attached hydrogens (tertiary/aromatic N) is 1. The molecule has 0 aromatic rings. The standard InChI is InChI=1S/C11H23FN2/c1-4-11(2,3)9-10(12)14-7-5-13-6-8-14/h10,13H,4-9H2,1-3H3. The number of hydrogen-bond acceptors (Lipinski definition) is 2. The van der Waals surface area contributed by atoms with E-state index in [2.05, 4.69) is 26.1 Å². The fraction of sp³-hybridized carbons (Fsp3) is 1.00. The molecule has 1 saturated heterocycles. The summed E-state index contributed by atoms with van der Waals surface area (Å²) in [4.78, 5) is 1.95. The van der Waals surface area contributed by atoms with Gasteiger partial charge in [0.05, 0.1) is 0 Å². The van der Waals surface area contributed by atoms with Gasteiger partial charge in [-0.05, 0) is 11.8 Å². The molecule has 0 radical (unpaired) electrons. The predicted molar refractivity (Wildman–Crippen MR) is 58.0 cm³/mol. The number of halogens is 1. The largest absolute Gasteiger partial charge is 0.314 e. The van der Waals surface area contributed by atoms with Gasteiger partial charge in [-0.25, -0.2) is 4.39 Å². The van der Waals surface area contributed by atoms with E-state index in [-0.39, 0.29) is 5.41 Å². The second-order valence-electron chi connectivity index (χ2n) is 4.94. The van der Waals surface area contributed by atoms with Crippen LogP contribution in [0, 0.1) is 5.41 Å². The van der Waals surface area contributed by atoms with Gasteiger partial charge in [0.25, 0.3) is 0 Å². The molecule has 1 rings (SSSR count). The third-order valence-corrected chi connectivity index (χ3v) is 3.23. The van der Waals surface area contributed by atoms with Crippen LogP contribution >= 0.6 is 0 Å². The topological polar surface area (TPSA) is 15.3 Å². The first-order chi connectivity index (χ1) is 6.55. The van der Waals surface area contributed by atoms with Crippen molar-refractivity contribution >= 4 is 0 Å². The number of hydrogen-bond donors (Lipinski definition) is 1. The van der Waals surface area contributed by atoms with Crippen LogP contribution in [0.1, 0.15) is 33.6 Å². The average Bonchev–Trinajstić information content (AvgIpc) is 2.19. The van der Waals surface area contributed by atoms with Gasteiger partial charge in [-0.15, -0.1) is 0 Å². The minimum absolute atomic E-state index is 0.129. The lowest BCUT2D eigenvalue weighted by Gasteiger charge is -2.34. The highest BCUT2D eigenvalue weighted by Gasteiger charge is 2.26. The number of alkyl halides is 1. The molecular formula is C11H23FN2. The van der Waals surface area contributed by atoms with E-state index in [9.17, 15) is 4.39 Å². The van der Waals surface area contributed by atoms with Gasteiger partial charge in [0.1, 0.15) is 0 Å². The summed E-state index contributed by atoms with van der Waals surface area (Å²) >= 11 is 0. The molecule has 0 bridgehead atoms. The van der Waals surface area contributed by atoms with E-state index in [1.165, 1.54) is 0 Å². The minimum Gasteiger partial charge on any atom is -0.314 e. The van der Waals surface area contributed by atoms with Gasteiger partial charge in [-0.3, -0.25) is 4.90 Å². The molecule has 1 fully saturated rings. The number of piperazine rings is 1. The van der Waals surface area contributed by atoms with Crippen LogP contribution in [0.4, 0.5) is 4.39 Å². The second-order valence-corrected chi connectivity index (χ2v) is 4.94. The molecule has 1 atom stereocenters. The molecule has 84 valence electrons. The molecule has 1 aliphatic rings. The summed E-state index contributed by atoms with van der Waals surface area (Å²) in [5.41, 5.74) is 0.129. The predicted octanol–water partition coefficient (Wildman–Crippen LogP) is 2.01. The third-order valence-electron chi connectivity index (χ3n) is 3.23. The Labute approximate surface area is 86.9 Å². The summed E-state index contributed by atoms with van der Waals surface area (Å²) < 4.78 is 13.9. The first-order valence-electron chi connectivity index (χ1n) is 5.64. The smallest absolute Gasteiger partial charge is 0.154 e. The molecule has 1 heterocycles. The molecule has 2 nitrogen and oxygen atoms in total. The van der Waals surface area contributed by atoms with Crippen LogP contribution in [0.2, 0.25) is 0 Å². The quantitative estimate of drug-likeness (QED) is 0.702. The molecule has 0 aliphatic carbocycles. The van der Waals surface area contributed by atoms with Crippen molar-refractivity contribution in [1.29, 1.82) is 0 Å². The van der Waals surface area contributed by atoms with Gasteiger partial charge in [0, 0.05) is 26.2 Å². The van der Waals surface area contributed by atoms with Crippen molar-refractivity contribution in [3.8, 4) is 0 Å². The van der Waals surface area contributed by atoms with Crippen LogP contribution in [-0.2, 0) is 0 Å². The van der Waals surface area contributed by atoms with Gasteiger partial charge in [-0.2, -0.15) is 0 Å². The summed E-state index contributed by atoms with van der Waals surface area (Å²) in [6.45, 7) is 9.95. The molecule has 1 unspecified atom stereocenters. The van der Waals surface area contributed by atoms with Crippen molar-refractivity contribution in [2.45, 2.75) is 39.9 Å². The summed E-state index contributed by atoms with van der Waals surface area (Å²) in [7, 11) is 0. The Morgan fingerprint density at radius 1 is 1.36 bits per heavy atom. The maximum Gasteiger partial charge on any atom is 0.154 e. The van der Waals surface area contributed by atoms with Crippen molar-refractivity contribution in [3.63, 3.8) is 0 Å². The van der Waals surface area contributed by atoms with Crippen molar-refractivity contribution in [2.24, 2.45) is 5.41 Å². The third kappa shape index (κ3) is 3.54. The Hall–Kier alpha value is -0.150. The highest BCUT2D eigenvalue weighted by atomic mass is 19.1. The van der Waals surface area contributed by atoms with E-state index in [0.29, 0.717) is 6.42 Å². The summed E-state index contributed by atoms with van der Waals surface area (Å²) in [5.74, 6) is 0. The molecule has 0 aromatic heterocycles. The zero-order valence-electron chi connectivity index (χ0n) is 9.65. The van der Waals surface area contributed by atoms with E-state index in [1.54, 1.807) is 0 Å². The van der Waals surface area contributed by atoms with Crippen LogP contribution < -0.4 is 5.32 Å². The van der Waals surface area contributed by atoms with Crippen LogP contribution in [0.3, 0.4) is 0 Å². The first-order valence-corrected chi connectivity index (χ1v) is 5.64. The Kier molecular flexibility index (Phi) is 4.32. The van der Waals surface area contributed by atoms with Crippen LogP contribution in [0.5, 0.6) is 0 Å². The van der Waals surface area contributed by atoms with Crippen molar-refractivity contribution in [3.05, 3.63) is 0 Å². The highest BCUT2D eigenvalue weighted by molar-refractivity contribution is 4.76. The fourth-order valence-electron chi connectivity index (χ4n) is 1.69. The lowest BCUT2D eigenvalue weighted by molar-refractivity contribution is 0.0329. The number of rotatable bonds is 4. The zero-order chi connectivity index (χ0) is 10.6. The van der Waals surface area contributed by atoms with Gasteiger partial charge in [0.2, 0.25) is 0 Å². The average molecular weight is 202 g/mol. The maximum atomic E-state index is 13.9. The zero-order valence-corrected chi connectivity index (χ0v) is 9.65. The van der Waals surface area contributed by atoms with E-state index < -0.39 is 6.30 Å². The molecule has 1 N–H and O–H groups in total. The number of nitrogens with one attached hydrogen (secondary N) is 1. The van der Waals surface area contributed by atoms with E-state index in [4.69, 9.17) is 0 Å². The molecule has 0 amide bonds. The molecule has 1 aliphatic heterocycles. The minimum atomic E-state index is -0.757. The van der Waals surface area contributed by atoms with Crippen LogP contribution in [-0.4, -0.2) is 37.4 Å². The molecule has 0 aromatic carbocycles. The first kappa shape index (κ1) is 11.9. The van der Waals surface area contributed by atoms with Gasteiger partial charge in [-0.1, -0.05) is 27.2 Å². The summed E-state index contributed by atoms with van der Waals surface area (Å²) in [6, 6.07) is 0. The lowest BCUT2D eigenvalue weighted by atomic mass is 9.86. The molecule has 0 saturated carbocycles. The van der Waals surface area contributed by atoms with Crippen molar-refractivity contribution in [1.82, 2.24) is 10.2 Å². The Balaban J connectivity index is 2.36. The van der Waals surface area contributed by atoms with Gasteiger partial charge >= 0.3 is 0 Å². The fourth-order valence-corrected chi connectivity index (χ4v) is 1.69. The van der Waals surface area contributed by atoms with Gasteiger partial charge in [0.15, 0.2) is 6.30 Å². The monoisotopic (exact) mass is 202 g/mol. The van der Waals surface area contributed by atoms with Gasteiger partial charge < -0.3 is 5.32 Å². The van der Waals surface area contributed by atoms with Crippen LogP contribution in [0.25, 0.3) is 0 Å². The molecule has 3 heteroatoms. The SMILES string of the molecule is CCC(C)(C)CC(F)N1CCNCC1. The van der Waals surface area contributed by atoms with Crippen molar-refractivity contribution < 1.29 is 4.39 Å². The molecular weight excluding hydrogens is 179 g/mol. The molecule has 0 spiro atoms. The highest BCUT2D eigenvalue weighted by Crippen LogP contribution is 2.28. The molecule has 14 heavy (non-hydrogen) atoms. The Bertz CT molecular complexity index is 165. The van der Waals surface area contributed by atoms with Crippen molar-refractivity contribution in [2.75, 3.05) is 26.2 Å². The van der Waals surface area contributed by atoms with Crippen LogP contribution in [0.15, 0.2) is 0 Å². The Morgan fingerprint density at radius 3 is 2.43 bits per heavy atom. The summed E-state index contributed by atoms with van der Waals surface area (Å²) in [5, 5.41) is 3.24.